The smallest absolute Gasteiger partial charge is 0.119 e. The third-order valence-corrected chi connectivity index (χ3v) is 2.75. The van der Waals surface area contributed by atoms with Gasteiger partial charge in [-0.05, 0) is 42.5 Å². The van der Waals surface area contributed by atoms with Gasteiger partial charge in [-0.2, -0.15) is 0 Å². The summed E-state index contributed by atoms with van der Waals surface area (Å²) in [6.45, 7) is 0.807. The van der Waals surface area contributed by atoms with Gasteiger partial charge in [-0.1, -0.05) is 12.1 Å². The van der Waals surface area contributed by atoms with Crippen molar-refractivity contribution in [3.63, 3.8) is 0 Å². The van der Waals surface area contributed by atoms with Gasteiger partial charge in [0, 0.05) is 0 Å². The molecule has 2 rings (SSSR count). The van der Waals surface area contributed by atoms with Gasteiger partial charge in [0.1, 0.15) is 5.75 Å². The van der Waals surface area contributed by atoms with E-state index in [1.54, 1.807) is 7.11 Å². The van der Waals surface area contributed by atoms with Crippen LogP contribution in [0.5, 0.6) is 5.75 Å². The molecule has 0 radical (unpaired) electrons. The topological polar surface area (TPSA) is 35.2 Å². The van der Waals surface area contributed by atoms with E-state index in [0.29, 0.717) is 11.8 Å². The first kappa shape index (κ1) is 8.57. The number of hydrogen-bond donors (Lipinski definition) is 1. The number of rotatable bonds is 3. The second-order valence-corrected chi connectivity index (χ2v) is 3.61. The van der Waals surface area contributed by atoms with Crippen molar-refractivity contribution < 1.29 is 4.74 Å². The van der Waals surface area contributed by atoms with Gasteiger partial charge >= 0.3 is 0 Å². The van der Waals surface area contributed by atoms with Crippen LogP contribution in [0.25, 0.3) is 0 Å². The number of hydrogen-bond acceptors (Lipinski definition) is 2. The van der Waals surface area contributed by atoms with E-state index in [1.165, 1.54) is 12.0 Å². The molecule has 1 aliphatic carbocycles. The summed E-state index contributed by atoms with van der Waals surface area (Å²) in [6.07, 6.45) is 1.24. The molecule has 2 atom stereocenters. The van der Waals surface area contributed by atoms with Crippen LogP contribution in [0.4, 0.5) is 0 Å². The zero-order valence-electron chi connectivity index (χ0n) is 7.86. The molecule has 0 saturated heterocycles. The summed E-state index contributed by atoms with van der Waals surface area (Å²) in [7, 11) is 1.70. The molecule has 2 nitrogen and oxygen atoms in total. The molecule has 0 spiro atoms. The average molecular weight is 177 g/mol. The number of methoxy groups -OCH3 is 1. The van der Waals surface area contributed by atoms with E-state index in [1.807, 2.05) is 12.1 Å². The van der Waals surface area contributed by atoms with Gasteiger partial charge < -0.3 is 10.5 Å². The molecule has 0 unspecified atom stereocenters. The zero-order valence-corrected chi connectivity index (χ0v) is 7.86. The largest absolute Gasteiger partial charge is 0.497 e. The van der Waals surface area contributed by atoms with Crippen molar-refractivity contribution in [3.05, 3.63) is 29.8 Å². The lowest BCUT2D eigenvalue weighted by atomic mass is 10.1. The second-order valence-electron chi connectivity index (χ2n) is 3.61. The Kier molecular flexibility index (Phi) is 2.23. The molecule has 1 fully saturated rings. The van der Waals surface area contributed by atoms with Gasteiger partial charge in [-0.15, -0.1) is 0 Å². The van der Waals surface area contributed by atoms with Gasteiger partial charge in [0.05, 0.1) is 7.11 Å². The number of ether oxygens (including phenoxy) is 1. The number of benzene rings is 1. The molecule has 1 saturated carbocycles. The van der Waals surface area contributed by atoms with Crippen molar-refractivity contribution in [2.45, 2.75) is 12.3 Å². The van der Waals surface area contributed by atoms with Crippen LogP contribution in [0.3, 0.4) is 0 Å². The highest BCUT2D eigenvalue weighted by Gasteiger charge is 2.36. The fourth-order valence-corrected chi connectivity index (χ4v) is 1.79. The fraction of sp³-hybridized carbons (Fsp3) is 0.455. The standard InChI is InChI=1S/C11H15NO/c1-13-10-4-2-3-8(5-10)11-6-9(11)7-12/h2-5,9,11H,6-7,12H2,1H3/t9-,11+/m1/s1. The fourth-order valence-electron chi connectivity index (χ4n) is 1.79. The lowest BCUT2D eigenvalue weighted by Gasteiger charge is -2.02. The normalized spacial score (nSPS) is 25.7. The van der Waals surface area contributed by atoms with Gasteiger partial charge in [0.2, 0.25) is 0 Å². The molecule has 2 N–H and O–H groups in total. The third kappa shape index (κ3) is 1.68. The predicted molar refractivity (Wildman–Crippen MR) is 52.9 cm³/mol. The minimum Gasteiger partial charge on any atom is -0.497 e. The molecular weight excluding hydrogens is 162 g/mol. The van der Waals surface area contributed by atoms with Crippen molar-refractivity contribution in [3.8, 4) is 5.75 Å². The summed E-state index contributed by atoms with van der Waals surface area (Å²) in [5.41, 5.74) is 6.97. The van der Waals surface area contributed by atoms with Crippen LogP contribution in [0.2, 0.25) is 0 Å². The minimum absolute atomic E-state index is 0.681. The predicted octanol–water partition coefficient (Wildman–Crippen LogP) is 1.76. The first-order chi connectivity index (χ1) is 6.35. The van der Waals surface area contributed by atoms with Gasteiger partial charge in [-0.3, -0.25) is 0 Å². The zero-order chi connectivity index (χ0) is 9.26. The van der Waals surface area contributed by atoms with Crippen molar-refractivity contribution >= 4 is 0 Å². The molecule has 13 heavy (non-hydrogen) atoms. The summed E-state index contributed by atoms with van der Waals surface area (Å²) >= 11 is 0. The summed E-state index contributed by atoms with van der Waals surface area (Å²) < 4.78 is 5.17. The maximum Gasteiger partial charge on any atom is 0.119 e. The molecule has 0 aromatic heterocycles. The summed E-state index contributed by atoms with van der Waals surface area (Å²) in [4.78, 5) is 0. The van der Waals surface area contributed by atoms with Crippen molar-refractivity contribution in [2.75, 3.05) is 13.7 Å². The van der Waals surface area contributed by atoms with Crippen molar-refractivity contribution in [1.29, 1.82) is 0 Å². The average Bonchev–Trinajstić information content (AvgIpc) is 2.97. The highest BCUT2D eigenvalue weighted by Crippen LogP contribution is 2.47. The summed E-state index contributed by atoms with van der Waals surface area (Å²) in [5.74, 6) is 2.33. The molecular formula is C11H15NO. The van der Waals surface area contributed by atoms with Crippen LogP contribution in [-0.4, -0.2) is 13.7 Å². The first-order valence-corrected chi connectivity index (χ1v) is 4.69. The van der Waals surface area contributed by atoms with E-state index in [2.05, 4.69) is 12.1 Å². The van der Waals surface area contributed by atoms with Crippen LogP contribution in [0.15, 0.2) is 24.3 Å². The minimum atomic E-state index is 0.681. The van der Waals surface area contributed by atoms with E-state index in [0.717, 1.165) is 12.3 Å². The molecule has 0 heterocycles. The van der Waals surface area contributed by atoms with Crippen molar-refractivity contribution in [1.82, 2.24) is 0 Å². The SMILES string of the molecule is COc1cccc([C@@H]2C[C@@H]2CN)c1. The molecule has 0 aliphatic heterocycles. The van der Waals surface area contributed by atoms with Gasteiger partial charge in [0.15, 0.2) is 0 Å². The van der Waals surface area contributed by atoms with Crippen LogP contribution in [0, 0.1) is 5.92 Å². The Morgan fingerprint density at radius 3 is 3.00 bits per heavy atom. The van der Waals surface area contributed by atoms with Crippen LogP contribution >= 0.6 is 0 Å². The van der Waals surface area contributed by atoms with E-state index in [9.17, 15) is 0 Å². The quantitative estimate of drug-likeness (QED) is 0.763. The third-order valence-electron chi connectivity index (χ3n) is 2.75. The number of nitrogens with two attached hydrogens (primary N) is 1. The Balaban J connectivity index is 2.13. The van der Waals surface area contributed by atoms with E-state index in [4.69, 9.17) is 10.5 Å². The molecule has 1 aromatic carbocycles. The Morgan fingerprint density at radius 1 is 1.54 bits per heavy atom. The molecule has 70 valence electrons. The van der Waals surface area contributed by atoms with Gasteiger partial charge in [0.25, 0.3) is 0 Å². The van der Waals surface area contributed by atoms with Crippen LogP contribution in [-0.2, 0) is 0 Å². The summed E-state index contributed by atoms with van der Waals surface area (Å²) in [5, 5.41) is 0. The van der Waals surface area contributed by atoms with E-state index >= 15 is 0 Å². The summed E-state index contributed by atoms with van der Waals surface area (Å²) in [6, 6.07) is 8.28. The second kappa shape index (κ2) is 3.38. The monoisotopic (exact) mass is 177 g/mol. The van der Waals surface area contributed by atoms with Crippen LogP contribution < -0.4 is 10.5 Å². The maximum absolute atomic E-state index is 5.60. The molecule has 0 bridgehead atoms. The lowest BCUT2D eigenvalue weighted by molar-refractivity contribution is 0.414. The Hall–Kier alpha value is -1.02. The Labute approximate surface area is 78.7 Å². The van der Waals surface area contributed by atoms with Crippen molar-refractivity contribution in [2.24, 2.45) is 11.7 Å². The Morgan fingerprint density at radius 2 is 2.38 bits per heavy atom. The highest BCUT2D eigenvalue weighted by atomic mass is 16.5. The molecule has 0 amide bonds. The van der Waals surface area contributed by atoms with E-state index < -0.39 is 0 Å². The molecule has 1 aliphatic rings. The van der Waals surface area contributed by atoms with E-state index in [-0.39, 0.29) is 0 Å². The van der Waals surface area contributed by atoms with Crippen LogP contribution in [0.1, 0.15) is 17.9 Å². The molecule has 2 heteroatoms. The first-order valence-electron chi connectivity index (χ1n) is 4.69. The molecule has 1 aromatic rings. The lowest BCUT2D eigenvalue weighted by Crippen LogP contribution is -2.01. The van der Waals surface area contributed by atoms with Gasteiger partial charge in [-0.25, -0.2) is 0 Å². The highest BCUT2D eigenvalue weighted by molar-refractivity contribution is 5.34. The maximum atomic E-state index is 5.60. The Bertz CT molecular complexity index is 298.